The van der Waals surface area contributed by atoms with E-state index in [4.69, 9.17) is 20.4 Å². The summed E-state index contributed by atoms with van der Waals surface area (Å²) >= 11 is 0. The molecular formula is C32H33N9O2. The number of piperidine rings is 1. The fourth-order valence-corrected chi connectivity index (χ4v) is 6.61. The van der Waals surface area contributed by atoms with Crippen molar-refractivity contribution >= 4 is 22.9 Å². The maximum atomic E-state index is 12.6. The van der Waals surface area contributed by atoms with Gasteiger partial charge < -0.3 is 20.7 Å². The van der Waals surface area contributed by atoms with Crippen LogP contribution in [-0.2, 0) is 16.0 Å². The molecule has 1 aromatic carbocycles. The van der Waals surface area contributed by atoms with Crippen LogP contribution in [0.3, 0.4) is 0 Å². The summed E-state index contributed by atoms with van der Waals surface area (Å²) in [6, 6.07) is 16.9. The van der Waals surface area contributed by atoms with Crippen molar-refractivity contribution in [3.63, 3.8) is 0 Å². The number of nitrogens with two attached hydrogens (primary N) is 1. The van der Waals surface area contributed by atoms with E-state index in [1.807, 2.05) is 41.4 Å². The van der Waals surface area contributed by atoms with E-state index in [2.05, 4.69) is 38.2 Å². The number of ether oxygens (including phenoxy) is 1. The number of fused-ring (bicyclic) bond motifs is 2. The molecule has 2 aliphatic heterocycles. The Morgan fingerprint density at radius 3 is 2.65 bits per heavy atom. The molecule has 0 saturated carbocycles. The van der Waals surface area contributed by atoms with Gasteiger partial charge in [0.25, 0.3) is 0 Å². The van der Waals surface area contributed by atoms with Gasteiger partial charge >= 0.3 is 0 Å². The number of aryl methyl sites for hydroxylation is 1. The Kier molecular flexibility index (Phi) is 6.41. The number of hydrogen-bond acceptors (Lipinski definition) is 8. The molecule has 0 bridgehead atoms. The molecule has 43 heavy (non-hydrogen) atoms. The Balaban J connectivity index is 1.09. The van der Waals surface area contributed by atoms with Crippen LogP contribution in [0.1, 0.15) is 36.4 Å². The molecule has 2 saturated heterocycles. The molecule has 1 atom stereocenters. The van der Waals surface area contributed by atoms with Crippen molar-refractivity contribution in [1.29, 1.82) is 0 Å². The van der Waals surface area contributed by atoms with Gasteiger partial charge in [-0.1, -0.05) is 6.07 Å². The smallest absolute Gasteiger partial charge is 0.230 e. The fourth-order valence-electron chi connectivity index (χ4n) is 6.61. The third kappa shape index (κ3) is 4.65. The standard InChI is InChI=1S/C32H33N9O2/c33-29-25(3-1-12-34-29)30-37-27-8-9-28(40-14-2-13-35-40)38-31(27)41(30)23-5-6-24-20(17-23)4-7-26(24)36-22-10-15-39(16-11-22)32(42)21-18-43-19-21/h1-3,5-6,8-9,12-14,17,21-22,26,36H,4,7,10-11,15-16,18-19H2,(H2,33,34). The monoisotopic (exact) mass is 575 g/mol. The van der Waals surface area contributed by atoms with E-state index >= 15 is 0 Å². The van der Waals surface area contributed by atoms with Crippen molar-refractivity contribution in [2.24, 2.45) is 5.92 Å². The Bertz CT molecular complexity index is 1800. The number of nitrogens with zero attached hydrogens (tertiary/aromatic N) is 7. The number of amides is 1. The minimum absolute atomic E-state index is 0.0653. The predicted molar refractivity (Wildman–Crippen MR) is 162 cm³/mol. The molecule has 1 unspecified atom stereocenters. The molecule has 0 spiro atoms. The van der Waals surface area contributed by atoms with Crippen molar-refractivity contribution in [2.45, 2.75) is 37.8 Å². The highest BCUT2D eigenvalue weighted by atomic mass is 16.5. The Morgan fingerprint density at radius 2 is 1.88 bits per heavy atom. The third-order valence-corrected chi connectivity index (χ3v) is 9.00. The first-order chi connectivity index (χ1) is 21.1. The number of carbonyl (C=O) groups excluding carboxylic acids is 1. The second-order valence-electron chi connectivity index (χ2n) is 11.6. The zero-order chi connectivity index (χ0) is 28.9. The fraction of sp³-hybridized carbons (Fsp3) is 0.344. The molecule has 11 heteroatoms. The molecule has 11 nitrogen and oxygen atoms in total. The molecule has 2 fully saturated rings. The van der Waals surface area contributed by atoms with Gasteiger partial charge in [0.1, 0.15) is 11.3 Å². The van der Waals surface area contributed by atoms with Crippen LogP contribution in [0.15, 0.2) is 67.1 Å². The number of imidazole rings is 1. The number of rotatable bonds is 6. The lowest BCUT2D eigenvalue weighted by Crippen LogP contribution is -2.50. The van der Waals surface area contributed by atoms with E-state index in [0.29, 0.717) is 42.8 Å². The maximum Gasteiger partial charge on any atom is 0.230 e. The van der Waals surface area contributed by atoms with Crippen molar-refractivity contribution in [3.05, 3.63) is 78.2 Å². The number of nitrogen functional groups attached to an aromatic ring is 1. The Labute approximate surface area is 248 Å². The number of hydrogen-bond donors (Lipinski definition) is 2. The zero-order valence-electron chi connectivity index (χ0n) is 23.8. The summed E-state index contributed by atoms with van der Waals surface area (Å²) < 4.78 is 9.04. The van der Waals surface area contributed by atoms with Crippen molar-refractivity contribution in [2.75, 3.05) is 32.0 Å². The minimum Gasteiger partial charge on any atom is -0.383 e. The lowest BCUT2D eigenvalue weighted by atomic mass is 9.99. The highest BCUT2D eigenvalue weighted by Crippen LogP contribution is 2.36. The number of pyridine rings is 2. The summed E-state index contributed by atoms with van der Waals surface area (Å²) in [5, 5.41) is 8.28. The molecule has 3 aliphatic rings. The van der Waals surface area contributed by atoms with E-state index in [9.17, 15) is 4.79 Å². The summed E-state index contributed by atoms with van der Waals surface area (Å²) in [5.41, 5.74) is 12.2. The van der Waals surface area contributed by atoms with Crippen LogP contribution in [-0.4, -0.2) is 72.5 Å². The first-order valence-electron chi connectivity index (χ1n) is 15.0. The summed E-state index contributed by atoms with van der Waals surface area (Å²) in [5.74, 6) is 2.16. The van der Waals surface area contributed by atoms with Crippen LogP contribution < -0.4 is 11.1 Å². The lowest BCUT2D eigenvalue weighted by molar-refractivity contribution is -0.151. The number of anilines is 1. The highest BCUT2D eigenvalue weighted by molar-refractivity contribution is 5.83. The Morgan fingerprint density at radius 1 is 1.00 bits per heavy atom. The number of nitrogens with one attached hydrogen (secondary N) is 1. The number of carbonyl (C=O) groups is 1. The molecule has 6 heterocycles. The first-order valence-corrected chi connectivity index (χ1v) is 15.0. The molecule has 1 amide bonds. The van der Waals surface area contributed by atoms with Crippen LogP contribution in [0.2, 0.25) is 0 Å². The average Bonchev–Trinajstić information content (AvgIpc) is 3.76. The van der Waals surface area contributed by atoms with Crippen LogP contribution in [0.5, 0.6) is 0 Å². The largest absolute Gasteiger partial charge is 0.383 e. The van der Waals surface area contributed by atoms with Gasteiger partial charge in [0.15, 0.2) is 17.3 Å². The van der Waals surface area contributed by atoms with Crippen LogP contribution in [0.25, 0.3) is 34.1 Å². The molecule has 1 aliphatic carbocycles. The van der Waals surface area contributed by atoms with E-state index in [1.165, 1.54) is 11.1 Å². The van der Waals surface area contributed by atoms with Crippen molar-refractivity contribution in [1.82, 2.24) is 39.5 Å². The first kappa shape index (κ1) is 26.1. The van der Waals surface area contributed by atoms with E-state index in [-0.39, 0.29) is 11.8 Å². The number of aromatic nitrogens is 6. The summed E-state index contributed by atoms with van der Waals surface area (Å²) in [7, 11) is 0. The maximum absolute atomic E-state index is 12.6. The normalized spacial score (nSPS) is 19.1. The highest BCUT2D eigenvalue weighted by Gasteiger charge is 2.34. The molecular weight excluding hydrogens is 542 g/mol. The van der Waals surface area contributed by atoms with Crippen LogP contribution in [0.4, 0.5) is 5.82 Å². The van der Waals surface area contributed by atoms with Gasteiger partial charge in [-0.05, 0) is 79.3 Å². The summed E-state index contributed by atoms with van der Waals surface area (Å²) in [6.45, 7) is 2.77. The predicted octanol–water partition coefficient (Wildman–Crippen LogP) is 3.46. The number of benzene rings is 1. The van der Waals surface area contributed by atoms with Gasteiger partial charge in [0, 0.05) is 49.5 Å². The van der Waals surface area contributed by atoms with Gasteiger partial charge in [-0.25, -0.2) is 19.6 Å². The molecule has 218 valence electrons. The summed E-state index contributed by atoms with van der Waals surface area (Å²) in [6.07, 6.45) is 9.29. The van der Waals surface area contributed by atoms with Crippen molar-refractivity contribution in [3.8, 4) is 22.9 Å². The van der Waals surface area contributed by atoms with Gasteiger partial charge in [-0.2, -0.15) is 5.10 Å². The van der Waals surface area contributed by atoms with Gasteiger partial charge in [-0.3, -0.25) is 9.36 Å². The topological polar surface area (TPSA) is 129 Å². The molecule has 0 radical (unpaired) electrons. The summed E-state index contributed by atoms with van der Waals surface area (Å²) in [4.78, 5) is 28.9. The van der Waals surface area contributed by atoms with E-state index in [0.717, 1.165) is 61.2 Å². The lowest BCUT2D eigenvalue weighted by Gasteiger charge is -2.37. The van der Waals surface area contributed by atoms with Crippen LogP contribution >= 0.6 is 0 Å². The van der Waals surface area contributed by atoms with E-state index < -0.39 is 0 Å². The number of likely N-dealkylation sites (tertiary alicyclic amines) is 1. The molecule has 8 rings (SSSR count). The van der Waals surface area contributed by atoms with Crippen molar-refractivity contribution < 1.29 is 9.53 Å². The molecule has 4 aromatic heterocycles. The van der Waals surface area contributed by atoms with E-state index in [1.54, 1.807) is 17.1 Å². The quantitative estimate of drug-likeness (QED) is 0.315. The van der Waals surface area contributed by atoms with Gasteiger partial charge in [-0.15, -0.1) is 0 Å². The van der Waals surface area contributed by atoms with Crippen LogP contribution in [0, 0.1) is 5.92 Å². The van der Waals surface area contributed by atoms with Gasteiger partial charge in [0.2, 0.25) is 5.91 Å². The Hall–Kier alpha value is -4.61. The van der Waals surface area contributed by atoms with Gasteiger partial charge in [0.05, 0.1) is 24.7 Å². The second kappa shape index (κ2) is 10.6. The molecule has 3 N–H and O–H groups in total. The molecule has 5 aromatic rings. The third-order valence-electron chi connectivity index (χ3n) is 9.00. The zero-order valence-corrected chi connectivity index (χ0v) is 23.8. The average molecular weight is 576 g/mol. The second-order valence-corrected chi connectivity index (χ2v) is 11.6. The SMILES string of the molecule is Nc1ncccc1-c1nc2ccc(-n3cccn3)nc2n1-c1ccc2c(c1)CCC2NC1CCN(C(=O)C2COC2)CC1. The minimum atomic E-state index is 0.0653.